The summed E-state index contributed by atoms with van der Waals surface area (Å²) in [5.41, 5.74) is 1.31. The standard InChI is InChI=1S/C18H10Cl5N3OS/c19-11-4-2-1-3-10(11)17(27)25-18(28)24-9-5-12(20)16(13(21)6-9)26-7-14(22)15(23)8-26/h1-8H,(H2,24,25,27,28). The van der Waals surface area contributed by atoms with Crippen molar-refractivity contribution in [1.29, 1.82) is 0 Å². The lowest BCUT2D eigenvalue weighted by Gasteiger charge is -2.14. The molecule has 10 heteroatoms. The number of hydrogen-bond acceptors (Lipinski definition) is 2. The molecule has 28 heavy (non-hydrogen) atoms. The maximum atomic E-state index is 12.3. The van der Waals surface area contributed by atoms with Crippen molar-refractivity contribution in [2.75, 3.05) is 5.32 Å². The molecule has 1 amide bonds. The molecule has 0 radical (unpaired) electrons. The van der Waals surface area contributed by atoms with Gasteiger partial charge in [0.05, 0.1) is 36.4 Å². The van der Waals surface area contributed by atoms with Crippen LogP contribution in [0.2, 0.25) is 25.1 Å². The summed E-state index contributed by atoms with van der Waals surface area (Å²) in [5.74, 6) is -0.437. The first-order valence-corrected chi connectivity index (χ1v) is 9.95. The summed E-state index contributed by atoms with van der Waals surface area (Å²) in [7, 11) is 0. The molecule has 0 aliphatic heterocycles. The highest BCUT2D eigenvalue weighted by molar-refractivity contribution is 7.80. The lowest BCUT2D eigenvalue weighted by Crippen LogP contribution is -2.34. The van der Waals surface area contributed by atoms with Gasteiger partial charge in [0.15, 0.2) is 5.11 Å². The van der Waals surface area contributed by atoms with Crippen molar-refractivity contribution in [3.8, 4) is 5.69 Å². The number of anilines is 1. The molecule has 0 saturated carbocycles. The highest BCUT2D eigenvalue weighted by Crippen LogP contribution is 2.35. The fourth-order valence-corrected chi connectivity index (χ4v) is 3.82. The molecule has 0 spiro atoms. The molecule has 0 fully saturated rings. The Kier molecular flexibility index (Phi) is 6.76. The van der Waals surface area contributed by atoms with Gasteiger partial charge in [-0.2, -0.15) is 0 Å². The second-order valence-electron chi connectivity index (χ2n) is 5.54. The third-order valence-electron chi connectivity index (χ3n) is 3.61. The number of aromatic nitrogens is 1. The van der Waals surface area contributed by atoms with Crippen molar-refractivity contribution >= 4 is 86.9 Å². The molecule has 2 aromatic carbocycles. The second kappa shape index (κ2) is 8.91. The molecule has 4 nitrogen and oxygen atoms in total. The Morgan fingerprint density at radius 2 is 1.43 bits per heavy atom. The number of carbonyl (C=O) groups excluding carboxylic acids is 1. The average molecular weight is 494 g/mol. The van der Waals surface area contributed by atoms with E-state index in [1.165, 1.54) is 0 Å². The predicted molar refractivity (Wildman–Crippen MR) is 121 cm³/mol. The number of benzene rings is 2. The van der Waals surface area contributed by atoms with Gasteiger partial charge >= 0.3 is 0 Å². The number of thiocarbonyl (C=S) groups is 1. The predicted octanol–water partition coefficient (Wildman–Crippen LogP) is 6.87. The third-order valence-corrected chi connectivity index (χ3v) is 5.42. The second-order valence-corrected chi connectivity index (χ2v) is 7.98. The lowest BCUT2D eigenvalue weighted by molar-refractivity contribution is 0.0978. The molecule has 3 rings (SSSR count). The van der Waals surface area contributed by atoms with Crippen molar-refractivity contribution in [2.24, 2.45) is 0 Å². The van der Waals surface area contributed by atoms with Crippen LogP contribution in [0.3, 0.4) is 0 Å². The Morgan fingerprint density at radius 3 is 2.00 bits per heavy atom. The van der Waals surface area contributed by atoms with E-state index in [1.54, 1.807) is 53.4 Å². The zero-order valence-corrected chi connectivity index (χ0v) is 18.4. The zero-order chi connectivity index (χ0) is 20.4. The highest BCUT2D eigenvalue weighted by Gasteiger charge is 2.15. The van der Waals surface area contributed by atoms with E-state index in [4.69, 9.17) is 70.2 Å². The van der Waals surface area contributed by atoms with E-state index < -0.39 is 5.91 Å². The van der Waals surface area contributed by atoms with Crippen LogP contribution in [0.4, 0.5) is 5.69 Å². The maximum Gasteiger partial charge on any atom is 0.258 e. The first-order chi connectivity index (χ1) is 13.3. The van der Waals surface area contributed by atoms with Crippen LogP contribution in [0.25, 0.3) is 5.69 Å². The van der Waals surface area contributed by atoms with Gasteiger partial charge in [0.2, 0.25) is 0 Å². The van der Waals surface area contributed by atoms with Gasteiger partial charge in [0.25, 0.3) is 5.91 Å². The van der Waals surface area contributed by atoms with Crippen LogP contribution in [0.5, 0.6) is 0 Å². The Morgan fingerprint density at radius 1 is 0.857 bits per heavy atom. The van der Waals surface area contributed by atoms with Gasteiger partial charge in [-0.15, -0.1) is 0 Å². The number of carbonyl (C=O) groups is 1. The van der Waals surface area contributed by atoms with Gasteiger partial charge in [-0.1, -0.05) is 70.1 Å². The Labute approximate surface area is 191 Å². The first-order valence-electron chi connectivity index (χ1n) is 7.65. The van der Waals surface area contributed by atoms with Crippen LogP contribution in [0.1, 0.15) is 10.4 Å². The molecule has 2 N–H and O–H groups in total. The Balaban J connectivity index is 1.77. The van der Waals surface area contributed by atoms with Gasteiger partial charge in [-0.3, -0.25) is 10.1 Å². The summed E-state index contributed by atoms with van der Waals surface area (Å²) in [5, 5.41) is 7.22. The molecule has 1 aromatic heterocycles. The summed E-state index contributed by atoms with van der Waals surface area (Å²) in [6.07, 6.45) is 3.19. The summed E-state index contributed by atoms with van der Waals surface area (Å²) >= 11 is 35.9. The Bertz CT molecular complexity index is 1040. The molecule has 0 aliphatic rings. The number of nitrogens with zero attached hydrogens (tertiary/aromatic N) is 1. The van der Waals surface area contributed by atoms with Crippen molar-refractivity contribution in [2.45, 2.75) is 0 Å². The largest absolute Gasteiger partial charge is 0.332 e. The minimum absolute atomic E-state index is 0.0665. The van der Waals surface area contributed by atoms with Crippen molar-refractivity contribution in [3.05, 3.63) is 79.5 Å². The maximum absolute atomic E-state index is 12.3. The summed E-state index contributed by atoms with van der Waals surface area (Å²) in [4.78, 5) is 12.3. The molecule has 0 aliphatic carbocycles. The number of rotatable bonds is 3. The van der Waals surface area contributed by atoms with Gasteiger partial charge in [-0.05, 0) is 36.5 Å². The van der Waals surface area contributed by atoms with Gasteiger partial charge in [0, 0.05) is 18.1 Å². The van der Waals surface area contributed by atoms with Crippen LogP contribution < -0.4 is 10.6 Å². The third kappa shape index (κ3) is 4.74. The van der Waals surface area contributed by atoms with E-state index in [-0.39, 0.29) is 5.11 Å². The minimum atomic E-state index is -0.437. The number of hydrogen-bond donors (Lipinski definition) is 2. The molecular formula is C18H10Cl5N3OS. The van der Waals surface area contributed by atoms with Crippen LogP contribution in [0.15, 0.2) is 48.8 Å². The van der Waals surface area contributed by atoms with Crippen LogP contribution >= 0.6 is 70.2 Å². The van der Waals surface area contributed by atoms with Gasteiger partial charge in [-0.25, -0.2) is 0 Å². The average Bonchev–Trinajstić information content (AvgIpc) is 2.92. The molecule has 3 aromatic rings. The quantitative estimate of drug-likeness (QED) is 0.391. The fourth-order valence-electron chi connectivity index (χ4n) is 2.40. The molecule has 144 valence electrons. The van der Waals surface area contributed by atoms with Crippen LogP contribution in [-0.4, -0.2) is 15.6 Å². The van der Waals surface area contributed by atoms with Crippen LogP contribution in [-0.2, 0) is 0 Å². The first kappa shape index (κ1) is 21.2. The van der Waals surface area contributed by atoms with Gasteiger partial charge < -0.3 is 9.88 Å². The minimum Gasteiger partial charge on any atom is -0.332 e. The number of halogens is 5. The highest BCUT2D eigenvalue weighted by atomic mass is 35.5. The van der Waals surface area contributed by atoms with Crippen molar-refractivity contribution < 1.29 is 4.79 Å². The van der Waals surface area contributed by atoms with E-state index in [0.717, 1.165) is 0 Å². The van der Waals surface area contributed by atoms with Crippen LogP contribution in [0, 0.1) is 0 Å². The molecule has 1 heterocycles. The molecular weight excluding hydrogens is 484 g/mol. The molecule has 0 bridgehead atoms. The van der Waals surface area contributed by atoms with Crippen molar-refractivity contribution in [1.82, 2.24) is 9.88 Å². The van der Waals surface area contributed by atoms with E-state index in [0.29, 0.717) is 42.1 Å². The molecule has 0 saturated heterocycles. The monoisotopic (exact) mass is 491 g/mol. The SMILES string of the molecule is O=C(NC(=S)Nc1cc(Cl)c(-n2cc(Cl)c(Cl)c2)c(Cl)c1)c1ccccc1Cl. The topological polar surface area (TPSA) is 46.1 Å². The van der Waals surface area contributed by atoms with E-state index >= 15 is 0 Å². The smallest absolute Gasteiger partial charge is 0.258 e. The normalized spacial score (nSPS) is 10.6. The lowest BCUT2D eigenvalue weighted by atomic mass is 10.2. The summed E-state index contributed by atoms with van der Waals surface area (Å²) in [6.45, 7) is 0. The van der Waals surface area contributed by atoms with Gasteiger partial charge in [0.1, 0.15) is 0 Å². The zero-order valence-electron chi connectivity index (χ0n) is 13.8. The number of amides is 1. The fraction of sp³-hybridized carbons (Fsp3) is 0. The Hall–Kier alpha value is -1.47. The summed E-state index contributed by atoms with van der Waals surface area (Å²) < 4.78 is 1.62. The van der Waals surface area contributed by atoms with E-state index in [2.05, 4.69) is 10.6 Å². The number of nitrogens with one attached hydrogen (secondary N) is 2. The molecule has 0 unspecified atom stereocenters. The van der Waals surface area contributed by atoms with E-state index in [9.17, 15) is 4.79 Å². The van der Waals surface area contributed by atoms with E-state index in [1.807, 2.05) is 0 Å². The van der Waals surface area contributed by atoms with Crippen molar-refractivity contribution in [3.63, 3.8) is 0 Å². The molecule has 0 atom stereocenters. The summed E-state index contributed by atoms with van der Waals surface area (Å²) in [6, 6.07) is 9.86.